The second-order valence-electron chi connectivity index (χ2n) is 4.33. The van der Waals surface area contributed by atoms with Crippen LogP contribution in [0.25, 0.3) is 0 Å². The third-order valence-electron chi connectivity index (χ3n) is 2.96. The van der Waals surface area contributed by atoms with Gasteiger partial charge < -0.3 is 11.1 Å². The zero-order chi connectivity index (χ0) is 13.2. The van der Waals surface area contributed by atoms with Gasteiger partial charge in [-0.3, -0.25) is 0 Å². The molecule has 1 saturated heterocycles. The highest BCUT2D eigenvalue weighted by atomic mass is 32.2. The predicted molar refractivity (Wildman–Crippen MR) is 69.8 cm³/mol. The minimum Gasteiger partial charge on any atom is -0.397 e. The second kappa shape index (κ2) is 5.30. The first kappa shape index (κ1) is 13.4. The van der Waals surface area contributed by atoms with Crippen molar-refractivity contribution in [3.05, 3.63) is 23.8 Å². The van der Waals surface area contributed by atoms with Crippen molar-refractivity contribution in [2.45, 2.75) is 25.1 Å². The van der Waals surface area contributed by atoms with Crippen molar-refractivity contribution >= 4 is 23.1 Å². The number of nitrogen functional groups attached to an aromatic ring is 1. The van der Waals surface area contributed by atoms with Gasteiger partial charge in [0, 0.05) is 6.04 Å². The second-order valence-corrected chi connectivity index (χ2v) is 5.56. The Bertz CT molecular complexity index is 414. The summed E-state index contributed by atoms with van der Waals surface area (Å²) >= 11 is 1.90. The number of halogens is 3. The molecular weight excluding hydrogens is 261 g/mol. The maximum atomic E-state index is 12.5. The number of benzene rings is 1. The van der Waals surface area contributed by atoms with E-state index in [2.05, 4.69) is 5.32 Å². The molecule has 1 heterocycles. The standard InChI is InChI=1S/C12H15F3N2S/c13-12(14,15)8-1-2-11(10(16)7-8)17-9-3-5-18-6-4-9/h1-2,7,9,17H,3-6,16H2. The first-order valence-corrected chi connectivity index (χ1v) is 6.93. The van der Waals surface area contributed by atoms with Gasteiger partial charge in [0.1, 0.15) is 0 Å². The van der Waals surface area contributed by atoms with Gasteiger partial charge in [0.15, 0.2) is 0 Å². The fourth-order valence-corrected chi connectivity index (χ4v) is 3.04. The molecule has 0 saturated carbocycles. The Labute approximate surface area is 108 Å². The minimum atomic E-state index is -4.34. The molecule has 18 heavy (non-hydrogen) atoms. The van der Waals surface area contributed by atoms with Gasteiger partial charge in [0.2, 0.25) is 0 Å². The summed E-state index contributed by atoms with van der Waals surface area (Å²) in [6.07, 6.45) is -2.30. The molecule has 1 aromatic rings. The van der Waals surface area contributed by atoms with Crippen LogP contribution in [0.15, 0.2) is 18.2 Å². The van der Waals surface area contributed by atoms with E-state index in [4.69, 9.17) is 5.73 Å². The van der Waals surface area contributed by atoms with E-state index in [1.165, 1.54) is 6.07 Å². The maximum absolute atomic E-state index is 12.5. The zero-order valence-corrected chi connectivity index (χ0v) is 10.6. The van der Waals surface area contributed by atoms with Crippen molar-refractivity contribution in [3.8, 4) is 0 Å². The molecule has 0 unspecified atom stereocenters. The van der Waals surface area contributed by atoms with Crippen LogP contribution in [-0.2, 0) is 6.18 Å². The minimum absolute atomic E-state index is 0.156. The fraction of sp³-hybridized carbons (Fsp3) is 0.500. The van der Waals surface area contributed by atoms with Crippen LogP contribution in [0, 0.1) is 0 Å². The van der Waals surface area contributed by atoms with Gasteiger partial charge in [-0.15, -0.1) is 0 Å². The van der Waals surface area contributed by atoms with E-state index in [9.17, 15) is 13.2 Å². The lowest BCUT2D eigenvalue weighted by Gasteiger charge is -2.24. The Kier molecular flexibility index (Phi) is 3.94. The van der Waals surface area contributed by atoms with Crippen molar-refractivity contribution < 1.29 is 13.2 Å². The molecule has 2 nitrogen and oxygen atoms in total. The number of hydrogen-bond acceptors (Lipinski definition) is 3. The number of rotatable bonds is 2. The van der Waals surface area contributed by atoms with E-state index in [1.54, 1.807) is 0 Å². The molecule has 1 aliphatic rings. The molecule has 1 aliphatic heterocycles. The predicted octanol–water partition coefficient (Wildman–Crippen LogP) is 3.60. The lowest BCUT2D eigenvalue weighted by Crippen LogP contribution is -2.25. The van der Waals surface area contributed by atoms with Crippen LogP contribution in [0.3, 0.4) is 0 Å². The number of hydrogen-bond donors (Lipinski definition) is 2. The highest BCUT2D eigenvalue weighted by Gasteiger charge is 2.30. The molecule has 0 bridgehead atoms. The van der Waals surface area contributed by atoms with Crippen molar-refractivity contribution in [1.82, 2.24) is 0 Å². The Hall–Kier alpha value is -1.04. The van der Waals surface area contributed by atoms with E-state index >= 15 is 0 Å². The smallest absolute Gasteiger partial charge is 0.397 e. The highest BCUT2D eigenvalue weighted by Crippen LogP contribution is 2.33. The molecule has 0 atom stereocenters. The Morgan fingerprint density at radius 1 is 1.22 bits per heavy atom. The van der Waals surface area contributed by atoms with Crippen LogP contribution in [0.1, 0.15) is 18.4 Å². The van der Waals surface area contributed by atoms with E-state index in [1.807, 2.05) is 11.8 Å². The van der Waals surface area contributed by atoms with Crippen molar-refractivity contribution in [1.29, 1.82) is 0 Å². The Balaban J connectivity index is 2.09. The SMILES string of the molecule is Nc1cc(C(F)(F)F)ccc1NC1CCSCC1. The zero-order valence-electron chi connectivity index (χ0n) is 9.76. The summed E-state index contributed by atoms with van der Waals surface area (Å²) in [5, 5.41) is 3.22. The molecular formula is C12H15F3N2S. The normalized spacial score (nSPS) is 17.7. The van der Waals surface area contributed by atoms with Crippen LogP contribution >= 0.6 is 11.8 Å². The van der Waals surface area contributed by atoms with Crippen molar-refractivity contribution in [2.24, 2.45) is 0 Å². The molecule has 0 spiro atoms. The van der Waals surface area contributed by atoms with E-state index in [-0.39, 0.29) is 5.69 Å². The van der Waals surface area contributed by atoms with Crippen LogP contribution < -0.4 is 11.1 Å². The van der Waals surface area contributed by atoms with Gasteiger partial charge in [-0.05, 0) is 42.5 Å². The summed E-state index contributed by atoms with van der Waals surface area (Å²) in [7, 11) is 0. The molecule has 2 rings (SSSR count). The summed E-state index contributed by atoms with van der Waals surface area (Å²) < 4.78 is 37.4. The number of nitrogens with two attached hydrogens (primary N) is 1. The molecule has 0 radical (unpaired) electrons. The van der Waals surface area contributed by atoms with Crippen LogP contribution in [0.2, 0.25) is 0 Å². The maximum Gasteiger partial charge on any atom is 0.416 e. The van der Waals surface area contributed by atoms with Crippen molar-refractivity contribution in [2.75, 3.05) is 22.6 Å². The third-order valence-corrected chi connectivity index (χ3v) is 4.01. The van der Waals surface area contributed by atoms with Gasteiger partial charge in [0.05, 0.1) is 16.9 Å². The summed E-state index contributed by atoms with van der Waals surface area (Å²) in [6.45, 7) is 0. The monoisotopic (exact) mass is 276 g/mol. The molecule has 0 aromatic heterocycles. The van der Waals surface area contributed by atoms with Crippen LogP contribution in [0.4, 0.5) is 24.5 Å². The van der Waals surface area contributed by atoms with Gasteiger partial charge >= 0.3 is 6.18 Å². The molecule has 1 aromatic carbocycles. The van der Waals surface area contributed by atoms with E-state index in [0.29, 0.717) is 11.7 Å². The average Bonchev–Trinajstić information content (AvgIpc) is 2.32. The summed E-state index contributed by atoms with van der Waals surface area (Å²) in [5.74, 6) is 2.16. The molecule has 100 valence electrons. The van der Waals surface area contributed by atoms with Gasteiger partial charge in [-0.2, -0.15) is 24.9 Å². The quantitative estimate of drug-likeness (QED) is 0.811. The first-order valence-electron chi connectivity index (χ1n) is 5.78. The number of thioether (sulfide) groups is 1. The summed E-state index contributed by atoms with van der Waals surface area (Å²) in [5.41, 5.74) is 5.72. The largest absolute Gasteiger partial charge is 0.416 e. The summed E-state index contributed by atoms with van der Waals surface area (Å²) in [6, 6.07) is 3.78. The number of anilines is 2. The van der Waals surface area contributed by atoms with Crippen molar-refractivity contribution in [3.63, 3.8) is 0 Å². The fourth-order valence-electron chi connectivity index (χ4n) is 1.93. The molecule has 0 aliphatic carbocycles. The molecule has 3 N–H and O–H groups in total. The molecule has 0 amide bonds. The highest BCUT2D eigenvalue weighted by molar-refractivity contribution is 7.99. The first-order chi connectivity index (χ1) is 8.47. The van der Waals surface area contributed by atoms with Gasteiger partial charge in [-0.25, -0.2) is 0 Å². The molecule has 6 heteroatoms. The van der Waals surface area contributed by atoms with Crippen LogP contribution in [0.5, 0.6) is 0 Å². The average molecular weight is 276 g/mol. The molecule has 1 fully saturated rings. The van der Waals surface area contributed by atoms with Crippen LogP contribution in [-0.4, -0.2) is 17.5 Å². The Morgan fingerprint density at radius 2 is 1.89 bits per heavy atom. The van der Waals surface area contributed by atoms with Gasteiger partial charge in [0.25, 0.3) is 0 Å². The lowest BCUT2D eigenvalue weighted by molar-refractivity contribution is -0.137. The lowest BCUT2D eigenvalue weighted by atomic mass is 10.1. The van der Waals surface area contributed by atoms with Gasteiger partial charge in [-0.1, -0.05) is 0 Å². The van der Waals surface area contributed by atoms with E-state index < -0.39 is 11.7 Å². The third kappa shape index (κ3) is 3.25. The van der Waals surface area contributed by atoms with E-state index in [0.717, 1.165) is 36.5 Å². The Morgan fingerprint density at radius 3 is 2.44 bits per heavy atom. The topological polar surface area (TPSA) is 38.0 Å². The number of nitrogens with one attached hydrogen (secondary N) is 1. The number of alkyl halides is 3. The summed E-state index contributed by atoms with van der Waals surface area (Å²) in [4.78, 5) is 0.